The van der Waals surface area contributed by atoms with E-state index < -0.39 is 38.7 Å². The number of hydrazone groups is 1. The van der Waals surface area contributed by atoms with Crippen molar-refractivity contribution in [2.45, 2.75) is 13.8 Å². The van der Waals surface area contributed by atoms with E-state index in [1.807, 2.05) is 0 Å². The number of benzene rings is 3. The van der Waals surface area contributed by atoms with Gasteiger partial charge in [0.1, 0.15) is 0 Å². The lowest BCUT2D eigenvalue weighted by Crippen LogP contribution is -2.17. The van der Waals surface area contributed by atoms with Gasteiger partial charge in [0.25, 0.3) is 17.3 Å². The molecule has 3 aromatic rings. The predicted molar refractivity (Wildman–Crippen MR) is 138 cm³/mol. The topological polar surface area (TPSA) is 192 Å². The summed E-state index contributed by atoms with van der Waals surface area (Å²) in [7, 11) is 0. The number of nitrogens with zero attached hydrogens (tertiary/aromatic N) is 3. The van der Waals surface area contributed by atoms with Crippen LogP contribution in [0, 0.1) is 20.2 Å². The lowest BCUT2D eigenvalue weighted by atomic mass is 10.1. The van der Waals surface area contributed by atoms with E-state index in [0.717, 1.165) is 18.2 Å². The number of nitro benzene ring substituents is 2. The zero-order valence-electron chi connectivity index (χ0n) is 20.6. The molecule has 2 amide bonds. The highest BCUT2D eigenvalue weighted by molar-refractivity contribution is 5.96. The normalized spacial score (nSPS) is 10.5. The zero-order valence-corrected chi connectivity index (χ0v) is 20.6. The van der Waals surface area contributed by atoms with Crippen LogP contribution in [0.4, 0.5) is 17.1 Å². The van der Waals surface area contributed by atoms with Crippen molar-refractivity contribution in [3.63, 3.8) is 0 Å². The van der Waals surface area contributed by atoms with E-state index >= 15 is 0 Å². The Kier molecular flexibility index (Phi) is 8.97. The van der Waals surface area contributed by atoms with E-state index in [9.17, 15) is 34.6 Å². The Morgan fingerprint density at radius 2 is 1.54 bits per heavy atom. The van der Waals surface area contributed by atoms with Gasteiger partial charge >= 0.3 is 5.97 Å². The summed E-state index contributed by atoms with van der Waals surface area (Å²) < 4.78 is 10.8. The number of hydrogen-bond donors (Lipinski definition) is 2. The van der Waals surface area contributed by atoms with Gasteiger partial charge in [-0.25, -0.2) is 10.2 Å². The van der Waals surface area contributed by atoms with Crippen molar-refractivity contribution in [3.05, 3.63) is 97.6 Å². The van der Waals surface area contributed by atoms with Gasteiger partial charge in [0.2, 0.25) is 5.91 Å². The fourth-order valence-electron chi connectivity index (χ4n) is 3.18. The summed E-state index contributed by atoms with van der Waals surface area (Å²) in [5, 5.41) is 28.7. The Hall–Kier alpha value is -5.66. The van der Waals surface area contributed by atoms with Gasteiger partial charge in [-0.05, 0) is 55.0 Å². The van der Waals surface area contributed by atoms with Crippen molar-refractivity contribution in [2.24, 2.45) is 5.10 Å². The Balaban J connectivity index is 1.73. The quantitative estimate of drug-likeness (QED) is 0.127. The van der Waals surface area contributed by atoms with Gasteiger partial charge in [-0.3, -0.25) is 29.8 Å². The highest BCUT2D eigenvalue weighted by Gasteiger charge is 2.22. The van der Waals surface area contributed by atoms with Crippen LogP contribution in [0.2, 0.25) is 0 Å². The number of non-ortho nitro benzene ring substituents is 2. The third kappa shape index (κ3) is 7.66. The summed E-state index contributed by atoms with van der Waals surface area (Å²) in [6.45, 7) is 3.25. The van der Waals surface area contributed by atoms with Crippen LogP contribution in [0.1, 0.15) is 40.1 Å². The number of amides is 2. The molecule has 39 heavy (non-hydrogen) atoms. The number of esters is 1. The highest BCUT2D eigenvalue weighted by Crippen LogP contribution is 2.30. The van der Waals surface area contributed by atoms with Gasteiger partial charge in [0.05, 0.1) is 34.3 Å². The smallest absolute Gasteiger partial charge is 0.344 e. The summed E-state index contributed by atoms with van der Waals surface area (Å²) in [4.78, 5) is 56.5. The first kappa shape index (κ1) is 27.9. The molecular formula is C25H21N5O9. The Morgan fingerprint density at radius 1 is 0.897 bits per heavy atom. The fraction of sp³-hybridized carbons (Fsp3) is 0.120. The molecule has 14 nitrogen and oxygen atoms in total. The third-order valence-electron chi connectivity index (χ3n) is 4.88. The number of rotatable bonds is 10. The highest BCUT2D eigenvalue weighted by atomic mass is 16.6. The number of anilines is 1. The maximum Gasteiger partial charge on any atom is 0.344 e. The molecule has 0 aliphatic heterocycles. The maximum atomic E-state index is 12.6. The van der Waals surface area contributed by atoms with Crippen molar-refractivity contribution in [1.82, 2.24) is 5.43 Å². The van der Waals surface area contributed by atoms with Crippen LogP contribution in [-0.2, 0) is 4.79 Å². The molecule has 0 atom stereocenters. The van der Waals surface area contributed by atoms with Crippen LogP contribution in [-0.4, -0.2) is 40.5 Å². The first-order chi connectivity index (χ1) is 18.6. The molecule has 200 valence electrons. The van der Waals surface area contributed by atoms with Gasteiger partial charge in [0.15, 0.2) is 11.5 Å². The number of nitrogens with one attached hydrogen (secondary N) is 2. The molecule has 3 aromatic carbocycles. The van der Waals surface area contributed by atoms with Gasteiger partial charge in [-0.2, -0.15) is 5.10 Å². The predicted octanol–water partition coefficient (Wildman–Crippen LogP) is 3.84. The molecule has 0 unspecified atom stereocenters. The molecule has 0 aliphatic carbocycles. The van der Waals surface area contributed by atoms with Crippen LogP contribution >= 0.6 is 0 Å². The average molecular weight is 535 g/mol. The minimum Gasteiger partial charge on any atom is -0.490 e. The Labute approximate surface area is 220 Å². The van der Waals surface area contributed by atoms with Crippen LogP contribution in [0.25, 0.3) is 0 Å². The van der Waals surface area contributed by atoms with Crippen molar-refractivity contribution >= 4 is 41.1 Å². The molecule has 0 fully saturated rings. The van der Waals surface area contributed by atoms with Crippen molar-refractivity contribution in [1.29, 1.82) is 0 Å². The van der Waals surface area contributed by atoms with Crippen LogP contribution in [0.3, 0.4) is 0 Å². The minimum atomic E-state index is -1.07. The SMILES string of the molecule is CCOc1cc(/C=N/NC(=O)c2ccc(NC(C)=O)cc2)ccc1OC(=O)c1cc([N+](=O)[O-])cc([N+](=O)[O-])c1. The third-order valence-corrected chi connectivity index (χ3v) is 4.88. The molecule has 0 saturated heterocycles. The van der Waals surface area contributed by atoms with E-state index in [4.69, 9.17) is 9.47 Å². The molecule has 0 radical (unpaired) electrons. The molecule has 0 heterocycles. The molecule has 2 N–H and O–H groups in total. The lowest BCUT2D eigenvalue weighted by Gasteiger charge is -2.11. The van der Waals surface area contributed by atoms with Crippen molar-refractivity contribution in [2.75, 3.05) is 11.9 Å². The van der Waals surface area contributed by atoms with Crippen molar-refractivity contribution in [3.8, 4) is 11.5 Å². The Bertz CT molecular complexity index is 1440. The molecule has 0 aliphatic rings. The summed E-state index contributed by atoms with van der Waals surface area (Å²) in [5.41, 5.74) is 2.00. The van der Waals surface area contributed by atoms with E-state index in [1.54, 1.807) is 19.1 Å². The lowest BCUT2D eigenvalue weighted by molar-refractivity contribution is -0.394. The second-order valence-corrected chi connectivity index (χ2v) is 7.74. The number of ether oxygens (including phenoxy) is 2. The first-order valence-corrected chi connectivity index (χ1v) is 11.2. The first-order valence-electron chi connectivity index (χ1n) is 11.2. The maximum absolute atomic E-state index is 12.6. The minimum absolute atomic E-state index is 0.0449. The monoisotopic (exact) mass is 535 g/mol. The van der Waals surface area contributed by atoms with Crippen molar-refractivity contribution < 1.29 is 33.7 Å². The van der Waals surface area contributed by atoms with Crippen LogP contribution in [0.15, 0.2) is 65.8 Å². The molecule has 3 rings (SSSR count). The van der Waals surface area contributed by atoms with Gasteiger partial charge < -0.3 is 14.8 Å². The largest absolute Gasteiger partial charge is 0.490 e. The standard InChI is InChI=1S/C25H21N5O9/c1-3-38-23-10-16(14-26-28-24(32)17-5-7-19(8-6-17)27-15(2)31)4-9-22(23)39-25(33)18-11-20(29(34)35)13-21(12-18)30(36)37/h4-14H,3H2,1-2H3,(H,27,31)(H,28,32)/b26-14+. The van der Waals surface area contributed by atoms with Crippen LogP contribution in [0.5, 0.6) is 11.5 Å². The van der Waals surface area contributed by atoms with E-state index in [2.05, 4.69) is 15.8 Å². The zero-order chi connectivity index (χ0) is 28.5. The van der Waals surface area contributed by atoms with Crippen LogP contribution < -0.4 is 20.2 Å². The summed E-state index contributed by atoms with van der Waals surface area (Å²) in [6.07, 6.45) is 1.32. The summed E-state index contributed by atoms with van der Waals surface area (Å²) in [6, 6.07) is 13.0. The summed E-state index contributed by atoms with van der Waals surface area (Å²) in [5.74, 6) is -1.73. The molecule has 0 aromatic heterocycles. The van der Waals surface area contributed by atoms with Gasteiger partial charge in [-0.1, -0.05) is 0 Å². The second-order valence-electron chi connectivity index (χ2n) is 7.74. The second kappa shape index (κ2) is 12.5. The molecular weight excluding hydrogens is 514 g/mol. The number of hydrogen-bond acceptors (Lipinski definition) is 10. The average Bonchev–Trinajstić information content (AvgIpc) is 2.89. The summed E-state index contributed by atoms with van der Waals surface area (Å²) >= 11 is 0. The molecule has 14 heteroatoms. The van der Waals surface area contributed by atoms with Gasteiger partial charge in [-0.15, -0.1) is 0 Å². The van der Waals surface area contributed by atoms with E-state index in [-0.39, 0.29) is 24.0 Å². The molecule has 0 saturated carbocycles. The number of carbonyl (C=O) groups excluding carboxylic acids is 3. The van der Waals surface area contributed by atoms with E-state index in [0.29, 0.717) is 16.8 Å². The number of carbonyl (C=O) groups is 3. The Morgan fingerprint density at radius 3 is 2.10 bits per heavy atom. The van der Waals surface area contributed by atoms with E-state index in [1.165, 1.54) is 43.5 Å². The fourth-order valence-corrected chi connectivity index (χ4v) is 3.18. The number of nitro groups is 2. The molecule has 0 spiro atoms. The van der Waals surface area contributed by atoms with Gasteiger partial charge in [0, 0.05) is 30.3 Å². The molecule has 0 bridgehead atoms.